The van der Waals surface area contributed by atoms with E-state index in [-0.39, 0.29) is 23.9 Å². The van der Waals surface area contributed by atoms with Crippen LogP contribution >= 0.6 is 0 Å². The number of nitrogens with two attached hydrogens (primary N) is 1. The van der Waals surface area contributed by atoms with Crippen molar-refractivity contribution in [3.8, 4) is 0 Å². The van der Waals surface area contributed by atoms with E-state index in [4.69, 9.17) is 10.2 Å². The van der Waals surface area contributed by atoms with Crippen molar-refractivity contribution in [1.82, 2.24) is 4.98 Å². The highest BCUT2D eigenvalue weighted by molar-refractivity contribution is 5.90. The topological polar surface area (TPSA) is 81.2 Å². The first-order valence-electron chi connectivity index (χ1n) is 5.63. The quantitative estimate of drug-likeness (QED) is 0.794. The molecule has 1 aromatic heterocycles. The van der Waals surface area contributed by atoms with Gasteiger partial charge >= 0.3 is 6.01 Å². The fourth-order valence-corrected chi connectivity index (χ4v) is 2.08. The lowest BCUT2D eigenvalue weighted by Gasteiger charge is -2.24. The molecule has 2 atom stereocenters. The van der Waals surface area contributed by atoms with E-state index < -0.39 is 0 Å². The SMILES string of the molecule is Cc1coc(NC(=O)C2CCCC(N)C2)n1. The van der Waals surface area contributed by atoms with Gasteiger partial charge in [-0.1, -0.05) is 6.42 Å². The molecule has 1 aliphatic carbocycles. The third kappa shape index (κ3) is 2.61. The Hall–Kier alpha value is -1.36. The standard InChI is InChI=1S/C11H17N3O2/c1-7-6-16-11(13-7)14-10(15)8-3-2-4-9(12)5-8/h6,8-9H,2-5,12H2,1H3,(H,13,14,15). The van der Waals surface area contributed by atoms with E-state index in [9.17, 15) is 4.79 Å². The van der Waals surface area contributed by atoms with Crippen molar-refractivity contribution in [2.45, 2.75) is 38.6 Å². The summed E-state index contributed by atoms with van der Waals surface area (Å²) in [7, 11) is 0. The minimum atomic E-state index is -0.0306. The van der Waals surface area contributed by atoms with Gasteiger partial charge in [0, 0.05) is 12.0 Å². The van der Waals surface area contributed by atoms with E-state index >= 15 is 0 Å². The summed E-state index contributed by atoms with van der Waals surface area (Å²) in [5, 5.41) is 2.68. The van der Waals surface area contributed by atoms with Crippen molar-refractivity contribution < 1.29 is 9.21 Å². The van der Waals surface area contributed by atoms with Crippen LogP contribution in [-0.4, -0.2) is 16.9 Å². The molecule has 88 valence electrons. The Morgan fingerprint density at radius 1 is 1.62 bits per heavy atom. The van der Waals surface area contributed by atoms with Crippen LogP contribution in [0.25, 0.3) is 0 Å². The summed E-state index contributed by atoms with van der Waals surface area (Å²) in [6.07, 6.45) is 5.21. The summed E-state index contributed by atoms with van der Waals surface area (Å²) in [6.45, 7) is 1.82. The zero-order chi connectivity index (χ0) is 11.5. The van der Waals surface area contributed by atoms with Crippen molar-refractivity contribution in [2.75, 3.05) is 5.32 Å². The predicted molar refractivity (Wildman–Crippen MR) is 59.8 cm³/mol. The molecule has 1 saturated carbocycles. The van der Waals surface area contributed by atoms with Gasteiger partial charge in [-0.15, -0.1) is 0 Å². The van der Waals surface area contributed by atoms with E-state index in [1.807, 2.05) is 6.92 Å². The van der Waals surface area contributed by atoms with Gasteiger partial charge < -0.3 is 10.2 Å². The maximum absolute atomic E-state index is 11.9. The third-order valence-electron chi connectivity index (χ3n) is 2.93. The molecule has 0 aliphatic heterocycles. The highest BCUT2D eigenvalue weighted by Crippen LogP contribution is 2.24. The first kappa shape index (κ1) is 11.1. The lowest BCUT2D eigenvalue weighted by atomic mass is 9.85. The molecule has 0 bridgehead atoms. The van der Waals surface area contributed by atoms with Crippen LogP contribution < -0.4 is 11.1 Å². The number of nitrogens with zero attached hydrogens (tertiary/aromatic N) is 1. The van der Waals surface area contributed by atoms with Crippen LogP contribution in [0.4, 0.5) is 6.01 Å². The third-order valence-corrected chi connectivity index (χ3v) is 2.93. The number of aryl methyl sites for hydroxylation is 1. The molecule has 0 saturated heterocycles. The molecule has 0 radical (unpaired) electrons. The number of oxazole rings is 1. The Morgan fingerprint density at radius 2 is 2.44 bits per heavy atom. The number of carbonyl (C=O) groups excluding carboxylic acids is 1. The zero-order valence-electron chi connectivity index (χ0n) is 9.40. The van der Waals surface area contributed by atoms with Crippen LogP contribution in [0.15, 0.2) is 10.7 Å². The second-order valence-corrected chi connectivity index (χ2v) is 4.41. The summed E-state index contributed by atoms with van der Waals surface area (Å²) in [5.74, 6) is -0.0343. The smallest absolute Gasteiger partial charge is 0.301 e. The van der Waals surface area contributed by atoms with E-state index in [1.54, 1.807) is 0 Å². The highest BCUT2D eigenvalue weighted by atomic mass is 16.4. The summed E-state index contributed by atoms with van der Waals surface area (Å²) in [4.78, 5) is 15.9. The lowest BCUT2D eigenvalue weighted by molar-refractivity contribution is -0.121. The highest BCUT2D eigenvalue weighted by Gasteiger charge is 2.26. The number of rotatable bonds is 2. The number of amides is 1. The molecule has 0 spiro atoms. The van der Waals surface area contributed by atoms with Crippen LogP contribution in [0.1, 0.15) is 31.4 Å². The maximum atomic E-state index is 11.9. The number of aromatic nitrogens is 1. The van der Waals surface area contributed by atoms with Crippen LogP contribution in [0.5, 0.6) is 0 Å². The molecule has 3 N–H and O–H groups in total. The predicted octanol–water partition coefficient (Wildman–Crippen LogP) is 1.44. The summed E-state index contributed by atoms with van der Waals surface area (Å²) < 4.78 is 5.08. The van der Waals surface area contributed by atoms with Crippen LogP contribution in [0.3, 0.4) is 0 Å². The van der Waals surface area contributed by atoms with Gasteiger partial charge in [0.15, 0.2) is 0 Å². The van der Waals surface area contributed by atoms with Crippen LogP contribution in [0, 0.1) is 12.8 Å². The number of hydrogen-bond donors (Lipinski definition) is 2. The number of carbonyl (C=O) groups is 1. The molecule has 16 heavy (non-hydrogen) atoms. The zero-order valence-corrected chi connectivity index (χ0v) is 9.40. The van der Waals surface area contributed by atoms with Crippen molar-refractivity contribution in [3.63, 3.8) is 0 Å². The van der Waals surface area contributed by atoms with Gasteiger partial charge in [0.1, 0.15) is 6.26 Å². The van der Waals surface area contributed by atoms with Gasteiger partial charge in [-0.3, -0.25) is 10.1 Å². The lowest BCUT2D eigenvalue weighted by Crippen LogP contribution is -2.34. The minimum absolute atomic E-state index is 0.00374. The Labute approximate surface area is 94.4 Å². The minimum Gasteiger partial charge on any atom is -0.432 e. The number of hydrogen-bond acceptors (Lipinski definition) is 4. The Kier molecular flexibility index (Phi) is 3.24. The van der Waals surface area contributed by atoms with E-state index in [2.05, 4.69) is 10.3 Å². The first-order valence-corrected chi connectivity index (χ1v) is 5.63. The monoisotopic (exact) mass is 223 g/mol. The number of nitrogens with one attached hydrogen (secondary N) is 1. The molecule has 1 aliphatic rings. The Morgan fingerprint density at radius 3 is 3.06 bits per heavy atom. The molecule has 1 aromatic rings. The first-order chi connectivity index (χ1) is 7.65. The number of anilines is 1. The second kappa shape index (κ2) is 4.65. The normalized spacial score (nSPS) is 25.4. The Balaban J connectivity index is 1.92. The van der Waals surface area contributed by atoms with E-state index in [0.717, 1.165) is 31.4 Å². The van der Waals surface area contributed by atoms with Crippen molar-refractivity contribution >= 4 is 11.9 Å². The molecule has 2 unspecified atom stereocenters. The van der Waals surface area contributed by atoms with Gasteiger partial charge in [-0.05, 0) is 26.2 Å². The maximum Gasteiger partial charge on any atom is 0.301 e. The Bertz CT molecular complexity index is 375. The second-order valence-electron chi connectivity index (χ2n) is 4.41. The average Bonchev–Trinajstić information content (AvgIpc) is 2.64. The average molecular weight is 223 g/mol. The molecule has 5 heteroatoms. The van der Waals surface area contributed by atoms with Crippen molar-refractivity contribution in [1.29, 1.82) is 0 Å². The molecule has 0 aromatic carbocycles. The molecular weight excluding hydrogens is 206 g/mol. The van der Waals surface area contributed by atoms with Gasteiger partial charge in [0.05, 0.1) is 5.69 Å². The van der Waals surface area contributed by atoms with Crippen molar-refractivity contribution in [3.05, 3.63) is 12.0 Å². The van der Waals surface area contributed by atoms with E-state index in [0.29, 0.717) is 0 Å². The molecule has 2 rings (SSSR count). The van der Waals surface area contributed by atoms with Gasteiger partial charge in [-0.25, -0.2) is 0 Å². The fraction of sp³-hybridized carbons (Fsp3) is 0.636. The fourth-order valence-electron chi connectivity index (χ4n) is 2.08. The van der Waals surface area contributed by atoms with Crippen LogP contribution in [-0.2, 0) is 4.79 Å². The van der Waals surface area contributed by atoms with Gasteiger partial charge in [0.25, 0.3) is 0 Å². The molecule has 1 heterocycles. The summed E-state index contributed by atoms with van der Waals surface area (Å²) in [5.41, 5.74) is 6.60. The van der Waals surface area contributed by atoms with E-state index in [1.165, 1.54) is 6.26 Å². The van der Waals surface area contributed by atoms with Crippen molar-refractivity contribution in [2.24, 2.45) is 11.7 Å². The van der Waals surface area contributed by atoms with Gasteiger partial charge in [0.2, 0.25) is 5.91 Å². The molecular formula is C11H17N3O2. The summed E-state index contributed by atoms with van der Waals surface area (Å²) >= 11 is 0. The van der Waals surface area contributed by atoms with Gasteiger partial charge in [-0.2, -0.15) is 4.98 Å². The van der Waals surface area contributed by atoms with Crippen LogP contribution in [0.2, 0.25) is 0 Å². The molecule has 1 fully saturated rings. The summed E-state index contributed by atoms with van der Waals surface area (Å²) in [6, 6.07) is 0.428. The molecule has 5 nitrogen and oxygen atoms in total. The molecule has 1 amide bonds. The largest absolute Gasteiger partial charge is 0.432 e.